The topological polar surface area (TPSA) is 65.5 Å². The molecule has 5 heteroatoms. The van der Waals surface area contributed by atoms with E-state index in [0.717, 1.165) is 42.3 Å². The first kappa shape index (κ1) is 18.6. The number of pyridine rings is 1. The molecule has 0 atom stereocenters. The fourth-order valence-corrected chi connectivity index (χ4v) is 3.73. The number of aromatic nitrogens is 1. The number of fused-ring (bicyclic) bond motifs is 1. The van der Waals surface area contributed by atoms with Crippen LogP contribution in [0.4, 0.5) is 5.69 Å². The molecule has 0 saturated heterocycles. The molecule has 140 valence electrons. The Morgan fingerprint density at radius 2 is 1.88 bits per heavy atom. The van der Waals surface area contributed by atoms with E-state index in [-0.39, 0.29) is 11.9 Å². The molecule has 1 aliphatic carbocycles. The van der Waals surface area contributed by atoms with E-state index < -0.39 is 5.60 Å². The standard InChI is InChI=1S/C21H29N3O2/c1-21(2,26)16-6-8-17(9-7-16)23-20(25)15-11-14-5-10-18(24(3)4)12-19(14)22-13-15/h5,10-13,16-17,26H,6-9H2,1-4H3,(H,23,25)/t16-,17-. The maximum Gasteiger partial charge on any atom is 0.253 e. The smallest absolute Gasteiger partial charge is 0.253 e. The quantitative estimate of drug-likeness (QED) is 0.883. The zero-order valence-electron chi connectivity index (χ0n) is 16.1. The summed E-state index contributed by atoms with van der Waals surface area (Å²) in [6, 6.07) is 8.13. The maximum absolute atomic E-state index is 12.6. The van der Waals surface area contributed by atoms with E-state index in [1.54, 1.807) is 6.20 Å². The van der Waals surface area contributed by atoms with Gasteiger partial charge in [-0.3, -0.25) is 9.78 Å². The van der Waals surface area contributed by atoms with E-state index in [9.17, 15) is 9.90 Å². The maximum atomic E-state index is 12.6. The molecule has 0 unspecified atom stereocenters. The van der Waals surface area contributed by atoms with E-state index in [4.69, 9.17) is 0 Å². The van der Waals surface area contributed by atoms with Gasteiger partial charge in [0.2, 0.25) is 0 Å². The van der Waals surface area contributed by atoms with E-state index >= 15 is 0 Å². The van der Waals surface area contributed by atoms with Gasteiger partial charge < -0.3 is 15.3 Å². The van der Waals surface area contributed by atoms with E-state index in [0.29, 0.717) is 11.5 Å². The average Bonchev–Trinajstić information content (AvgIpc) is 2.60. The molecular formula is C21H29N3O2. The molecule has 26 heavy (non-hydrogen) atoms. The number of rotatable bonds is 4. The second kappa shape index (κ2) is 7.23. The van der Waals surface area contributed by atoms with Crippen LogP contribution in [0, 0.1) is 5.92 Å². The first-order chi connectivity index (χ1) is 12.2. The number of aliphatic hydroxyl groups is 1. The normalized spacial score (nSPS) is 20.8. The lowest BCUT2D eigenvalue weighted by Gasteiger charge is -2.36. The zero-order chi connectivity index (χ0) is 18.9. The second-order valence-electron chi connectivity index (χ2n) is 8.17. The lowest BCUT2D eigenvalue weighted by Crippen LogP contribution is -2.41. The van der Waals surface area contributed by atoms with Crippen molar-refractivity contribution in [3.63, 3.8) is 0 Å². The van der Waals surface area contributed by atoms with Gasteiger partial charge in [0.05, 0.1) is 16.7 Å². The number of benzene rings is 1. The Hall–Kier alpha value is -2.14. The summed E-state index contributed by atoms with van der Waals surface area (Å²) in [5, 5.41) is 14.2. The molecular weight excluding hydrogens is 326 g/mol. The minimum Gasteiger partial charge on any atom is -0.390 e. The van der Waals surface area contributed by atoms with Crippen LogP contribution < -0.4 is 10.2 Å². The number of nitrogens with one attached hydrogen (secondary N) is 1. The summed E-state index contributed by atoms with van der Waals surface area (Å²) in [6.45, 7) is 3.75. The van der Waals surface area contributed by atoms with Crippen LogP contribution >= 0.6 is 0 Å². The highest BCUT2D eigenvalue weighted by atomic mass is 16.3. The van der Waals surface area contributed by atoms with Crippen LogP contribution in [0.15, 0.2) is 30.5 Å². The lowest BCUT2D eigenvalue weighted by atomic mass is 9.77. The van der Waals surface area contributed by atoms with Crippen LogP contribution in [-0.2, 0) is 0 Å². The van der Waals surface area contributed by atoms with Crippen molar-refractivity contribution in [2.75, 3.05) is 19.0 Å². The molecule has 1 aromatic heterocycles. The molecule has 3 rings (SSSR count). The van der Waals surface area contributed by atoms with Crippen LogP contribution in [0.1, 0.15) is 49.9 Å². The van der Waals surface area contributed by atoms with E-state index in [1.165, 1.54) is 0 Å². The van der Waals surface area contributed by atoms with Crippen molar-refractivity contribution in [3.05, 3.63) is 36.0 Å². The van der Waals surface area contributed by atoms with Gasteiger partial charge in [-0.15, -0.1) is 0 Å². The summed E-state index contributed by atoms with van der Waals surface area (Å²) < 4.78 is 0. The highest BCUT2D eigenvalue weighted by molar-refractivity contribution is 5.97. The molecule has 0 aliphatic heterocycles. The number of anilines is 1. The Balaban J connectivity index is 1.66. The lowest BCUT2D eigenvalue weighted by molar-refractivity contribution is -0.00257. The minimum absolute atomic E-state index is 0.0669. The predicted molar refractivity (Wildman–Crippen MR) is 106 cm³/mol. The number of carbonyl (C=O) groups excluding carboxylic acids is 1. The summed E-state index contributed by atoms with van der Waals surface area (Å²) in [6.07, 6.45) is 5.36. The van der Waals surface area contributed by atoms with Gasteiger partial charge in [-0.25, -0.2) is 0 Å². The van der Waals surface area contributed by atoms with Crippen molar-refractivity contribution < 1.29 is 9.90 Å². The van der Waals surface area contributed by atoms with E-state index in [2.05, 4.69) is 10.3 Å². The SMILES string of the molecule is CN(C)c1ccc2cc(C(=O)N[C@H]3CC[C@H](C(C)(C)O)CC3)cnc2c1. The molecule has 1 amide bonds. The molecule has 1 heterocycles. The molecule has 1 fully saturated rings. The van der Waals surface area contributed by atoms with Gasteiger partial charge in [0.15, 0.2) is 0 Å². The van der Waals surface area contributed by atoms with Gasteiger partial charge in [-0.1, -0.05) is 6.07 Å². The number of amides is 1. The van der Waals surface area contributed by atoms with Crippen LogP contribution in [-0.4, -0.2) is 41.7 Å². The summed E-state index contributed by atoms with van der Waals surface area (Å²) in [7, 11) is 3.99. The van der Waals surface area contributed by atoms with Crippen molar-refractivity contribution in [1.82, 2.24) is 10.3 Å². The highest BCUT2D eigenvalue weighted by Crippen LogP contribution is 2.32. The fraction of sp³-hybridized carbons (Fsp3) is 0.524. The molecule has 2 aromatic rings. The van der Waals surface area contributed by atoms with Gasteiger partial charge in [0.1, 0.15) is 0 Å². The number of hydrogen-bond donors (Lipinski definition) is 2. The highest BCUT2D eigenvalue weighted by Gasteiger charge is 2.31. The molecule has 1 saturated carbocycles. The third-order valence-corrected chi connectivity index (χ3v) is 5.51. The molecule has 1 aliphatic rings. The Morgan fingerprint density at radius 3 is 2.50 bits per heavy atom. The summed E-state index contributed by atoms with van der Waals surface area (Å²) in [5.74, 6) is 0.242. The molecule has 2 N–H and O–H groups in total. The molecule has 0 spiro atoms. The first-order valence-corrected chi connectivity index (χ1v) is 9.34. The average molecular weight is 355 g/mol. The van der Waals surface area contributed by atoms with Crippen molar-refractivity contribution >= 4 is 22.5 Å². The van der Waals surface area contributed by atoms with Gasteiger partial charge in [-0.2, -0.15) is 0 Å². The molecule has 0 radical (unpaired) electrons. The summed E-state index contributed by atoms with van der Waals surface area (Å²) in [4.78, 5) is 19.1. The molecule has 5 nitrogen and oxygen atoms in total. The Labute approximate surface area is 155 Å². The predicted octanol–water partition coefficient (Wildman–Crippen LogP) is 3.36. The zero-order valence-corrected chi connectivity index (χ0v) is 16.1. The Kier molecular flexibility index (Phi) is 5.19. The van der Waals surface area contributed by atoms with Crippen LogP contribution in [0.25, 0.3) is 10.9 Å². The summed E-state index contributed by atoms with van der Waals surface area (Å²) >= 11 is 0. The fourth-order valence-electron chi connectivity index (χ4n) is 3.73. The van der Waals surface area contributed by atoms with Crippen molar-refractivity contribution in [2.24, 2.45) is 5.92 Å². The van der Waals surface area contributed by atoms with Gasteiger partial charge in [0.25, 0.3) is 5.91 Å². The van der Waals surface area contributed by atoms with Crippen LogP contribution in [0.5, 0.6) is 0 Å². The van der Waals surface area contributed by atoms with Gasteiger partial charge >= 0.3 is 0 Å². The largest absolute Gasteiger partial charge is 0.390 e. The second-order valence-corrected chi connectivity index (χ2v) is 8.17. The van der Waals surface area contributed by atoms with Crippen molar-refractivity contribution in [1.29, 1.82) is 0 Å². The third-order valence-electron chi connectivity index (χ3n) is 5.51. The summed E-state index contributed by atoms with van der Waals surface area (Å²) in [5.41, 5.74) is 1.94. The van der Waals surface area contributed by atoms with Crippen LogP contribution in [0.3, 0.4) is 0 Å². The van der Waals surface area contributed by atoms with E-state index in [1.807, 2.05) is 57.1 Å². The minimum atomic E-state index is -0.636. The van der Waals surface area contributed by atoms with Crippen LogP contribution in [0.2, 0.25) is 0 Å². The molecule has 0 bridgehead atoms. The number of hydrogen-bond acceptors (Lipinski definition) is 4. The monoisotopic (exact) mass is 355 g/mol. The Morgan fingerprint density at radius 1 is 1.19 bits per heavy atom. The van der Waals surface area contributed by atoms with Crippen molar-refractivity contribution in [3.8, 4) is 0 Å². The number of carbonyl (C=O) groups is 1. The Bertz CT molecular complexity index is 787. The van der Waals surface area contributed by atoms with Gasteiger partial charge in [0, 0.05) is 37.4 Å². The molecule has 1 aromatic carbocycles. The number of nitrogens with zero attached hydrogens (tertiary/aromatic N) is 2. The third kappa shape index (κ3) is 4.15. The first-order valence-electron chi connectivity index (χ1n) is 9.34. The van der Waals surface area contributed by atoms with Gasteiger partial charge in [-0.05, 0) is 63.6 Å². The van der Waals surface area contributed by atoms with Crippen molar-refractivity contribution in [2.45, 2.75) is 51.2 Å².